The highest BCUT2D eigenvalue weighted by Crippen LogP contribution is 2.48. The zero-order chi connectivity index (χ0) is 27.9. The molecule has 0 fully saturated rings. The fourth-order valence-electron chi connectivity index (χ4n) is 5.45. The van der Waals surface area contributed by atoms with Crippen molar-refractivity contribution in [1.29, 1.82) is 0 Å². The van der Waals surface area contributed by atoms with Gasteiger partial charge in [-0.2, -0.15) is 5.10 Å². The molecule has 0 spiro atoms. The number of aryl methyl sites for hydroxylation is 1. The molecule has 2 aliphatic rings. The summed E-state index contributed by atoms with van der Waals surface area (Å²) in [5.41, 5.74) is 6.69. The number of rotatable bonds is 5. The van der Waals surface area contributed by atoms with Crippen molar-refractivity contribution in [1.82, 2.24) is 9.78 Å². The summed E-state index contributed by atoms with van der Waals surface area (Å²) >= 11 is 6.34. The summed E-state index contributed by atoms with van der Waals surface area (Å²) in [5.74, 6) is 2.96. The number of amidine groups is 2. The maximum absolute atomic E-state index is 6.34. The molecule has 0 aliphatic carbocycles. The Hall–Kier alpha value is -4.88. The van der Waals surface area contributed by atoms with Gasteiger partial charge in [-0.3, -0.25) is 0 Å². The first-order valence-electron chi connectivity index (χ1n) is 13.6. The lowest BCUT2D eigenvalue weighted by Crippen LogP contribution is -2.46. The molecule has 0 radical (unpaired) electrons. The second kappa shape index (κ2) is 10.3. The summed E-state index contributed by atoms with van der Waals surface area (Å²) in [6.07, 6.45) is 0. The Balaban J connectivity index is 1.44. The highest BCUT2D eigenvalue weighted by molar-refractivity contribution is 6.51. The number of nitrogens with zero attached hydrogens (tertiary/aromatic N) is 5. The molecule has 3 heterocycles. The summed E-state index contributed by atoms with van der Waals surface area (Å²) in [7, 11) is 0. The lowest BCUT2D eigenvalue weighted by Gasteiger charge is -2.40. The minimum absolute atomic E-state index is 0.207. The maximum Gasteiger partial charge on any atom is 0.179 e. The summed E-state index contributed by atoms with van der Waals surface area (Å²) in [6.45, 7) is 4.64. The molecule has 202 valence electrons. The third-order valence-electron chi connectivity index (χ3n) is 7.25. The molecule has 0 saturated heterocycles. The minimum Gasteiger partial charge on any atom is -0.494 e. The van der Waals surface area contributed by atoms with Crippen LogP contribution in [0.15, 0.2) is 113 Å². The van der Waals surface area contributed by atoms with E-state index in [1.165, 1.54) is 0 Å². The van der Waals surface area contributed by atoms with Crippen molar-refractivity contribution in [3.05, 3.63) is 125 Å². The molecule has 0 amide bonds. The fourth-order valence-corrected chi connectivity index (χ4v) is 5.57. The number of halogens is 1. The Labute approximate surface area is 243 Å². The number of anilines is 2. The van der Waals surface area contributed by atoms with E-state index in [-0.39, 0.29) is 6.04 Å². The van der Waals surface area contributed by atoms with Crippen LogP contribution in [0.25, 0.3) is 5.69 Å². The van der Waals surface area contributed by atoms with E-state index < -0.39 is 0 Å². The number of aliphatic imine (C=N–C) groups is 2. The third-order valence-corrected chi connectivity index (χ3v) is 7.50. The van der Waals surface area contributed by atoms with Crippen LogP contribution in [0.1, 0.15) is 29.8 Å². The minimum atomic E-state index is -0.207. The predicted molar refractivity (Wildman–Crippen MR) is 166 cm³/mol. The summed E-state index contributed by atoms with van der Waals surface area (Å²) in [4.78, 5) is 12.6. The van der Waals surface area contributed by atoms with Crippen LogP contribution in [0.3, 0.4) is 0 Å². The SMILES string of the molecule is CCOc1ccc(NC2=Nc3ccccc3N3C2=Nc2c(c(C)nn2-c2ccccc2)C3c2ccc(Cl)cc2)cc1. The van der Waals surface area contributed by atoms with Gasteiger partial charge in [0.05, 0.1) is 35.4 Å². The molecule has 8 heteroatoms. The Morgan fingerprint density at radius 1 is 0.854 bits per heavy atom. The van der Waals surface area contributed by atoms with Crippen molar-refractivity contribution in [2.24, 2.45) is 9.98 Å². The number of nitrogens with one attached hydrogen (secondary N) is 1. The van der Waals surface area contributed by atoms with Gasteiger partial charge in [0.25, 0.3) is 0 Å². The van der Waals surface area contributed by atoms with Crippen LogP contribution in [0.4, 0.5) is 22.9 Å². The average Bonchev–Trinajstić information content (AvgIpc) is 3.34. The van der Waals surface area contributed by atoms with Crippen molar-refractivity contribution in [3.63, 3.8) is 0 Å². The second-order valence-electron chi connectivity index (χ2n) is 9.86. The molecule has 5 aromatic rings. The zero-order valence-electron chi connectivity index (χ0n) is 22.6. The van der Waals surface area contributed by atoms with Crippen molar-refractivity contribution >= 4 is 46.2 Å². The van der Waals surface area contributed by atoms with E-state index in [1.54, 1.807) is 0 Å². The summed E-state index contributed by atoms with van der Waals surface area (Å²) in [5, 5.41) is 9.22. The van der Waals surface area contributed by atoms with Gasteiger partial charge in [-0.05, 0) is 80.1 Å². The second-order valence-corrected chi connectivity index (χ2v) is 10.3. The highest BCUT2D eigenvalue weighted by atomic mass is 35.5. The fraction of sp³-hybridized carbons (Fsp3) is 0.121. The van der Waals surface area contributed by atoms with Gasteiger partial charge in [0.2, 0.25) is 0 Å². The number of hydrogen-bond donors (Lipinski definition) is 1. The monoisotopic (exact) mass is 558 g/mol. The molecule has 1 atom stereocenters. The van der Waals surface area contributed by atoms with Crippen LogP contribution in [0, 0.1) is 6.92 Å². The van der Waals surface area contributed by atoms with E-state index >= 15 is 0 Å². The van der Waals surface area contributed by atoms with E-state index in [9.17, 15) is 0 Å². The van der Waals surface area contributed by atoms with E-state index in [0.717, 1.165) is 51.1 Å². The molecule has 1 unspecified atom stereocenters. The lowest BCUT2D eigenvalue weighted by molar-refractivity contribution is 0.340. The molecule has 4 aromatic carbocycles. The number of aromatic nitrogens is 2. The molecule has 0 saturated carbocycles. The van der Waals surface area contributed by atoms with Crippen molar-refractivity contribution in [2.45, 2.75) is 19.9 Å². The molecule has 7 rings (SSSR count). The van der Waals surface area contributed by atoms with Crippen LogP contribution in [0.2, 0.25) is 5.02 Å². The van der Waals surface area contributed by atoms with Gasteiger partial charge in [0, 0.05) is 16.3 Å². The average molecular weight is 559 g/mol. The lowest BCUT2D eigenvalue weighted by atomic mass is 9.93. The van der Waals surface area contributed by atoms with Gasteiger partial charge in [-0.15, -0.1) is 0 Å². The number of para-hydroxylation sites is 3. The standard InChI is InChI=1S/C33H27ClN6O/c1-3-41-26-19-17-24(18-20-26)35-31-33-37-32-29(21(2)38-40(32)25-9-5-4-6-10-25)30(22-13-15-23(34)16-14-22)39(33)28-12-8-7-11-27(28)36-31/h4-20,30H,3H2,1-2H3,(H,35,36). The molecule has 41 heavy (non-hydrogen) atoms. The van der Waals surface area contributed by atoms with Gasteiger partial charge in [-0.1, -0.05) is 54.1 Å². The molecule has 1 N–H and O–H groups in total. The first-order valence-corrected chi connectivity index (χ1v) is 13.9. The number of ether oxygens (including phenoxy) is 1. The van der Waals surface area contributed by atoms with Gasteiger partial charge < -0.3 is 15.0 Å². The van der Waals surface area contributed by atoms with Gasteiger partial charge in [0.15, 0.2) is 17.5 Å². The maximum atomic E-state index is 6.34. The largest absolute Gasteiger partial charge is 0.494 e. The Kier molecular flexibility index (Phi) is 6.29. The first kappa shape index (κ1) is 25.1. The normalized spacial score (nSPS) is 15.3. The van der Waals surface area contributed by atoms with Crippen molar-refractivity contribution in [3.8, 4) is 11.4 Å². The van der Waals surface area contributed by atoms with Gasteiger partial charge >= 0.3 is 0 Å². The molecule has 1 aromatic heterocycles. The van der Waals surface area contributed by atoms with Gasteiger partial charge in [0.1, 0.15) is 5.75 Å². The Bertz CT molecular complexity index is 1790. The highest BCUT2D eigenvalue weighted by Gasteiger charge is 2.41. The quantitative estimate of drug-likeness (QED) is 0.237. The number of benzene rings is 4. The van der Waals surface area contributed by atoms with Crippen LogP contribution in [-0.4, -0.2) is 28.1 Å². The molecule has 7 nitrogen and oxygen atoms in total. The topological polar surface area (TPSA) is 67.0 Å². The molecule has 2 aliphatic heterocycles. The Morgan fingerprint density at radius 2 is 1.59 bits per heavy atom. The zero-order valence-corrected chi connectivity index (χ0v) is 23.4. The van der Waals surface area contributed by atoms with E-state index in [0.29, 0.717) is 23.3 Å². The van der Waals surface area contributed by atoms with E-state index in [4.69, 9.17) is 31.4 Å². The van der Waals surface area contributed by atoms with Crippen molar-refractivity contribution < 1.29 is 4.74 Å². The molecular formula is C33H27ClN6O. The first-order chi connectivity index (χ1) is 20.1. The van der Waals surface area contributed by atoms with Crippen LogP contribution >= 0.6 is 11.6 Å². The van der Waals surface area contributed by atoms with Crippen LogP contribution < -0.4 is 15.0 Å². The van der Waals surface area contributed by atoms with E-state index in [2.05, 4.69) is 28.4 Å². The summed E-state index contributed by atoms with van der Waals surface area (Å²) < 4.78 is 7.57. The number of hydrogen-bond acceptors (Lipinski definition) is 6. The molecule has 0 bridgehead atoms. The van der Waals surface area contributed by atoms with Gasteiger partial charge in [-0.25, -0.2) is 14.7 Å². The van der Waals surface area contributed by atoms with Crippen LogP contribution in [0.5, 0.6) is 5.75 Å². The number of fused-ring (bicyclic) bond motifs is 4. The van der Waals surface area contributed by atoms with E-state index in [1.807, 2.05) is 103 Å². The predicted octanol–water partition coefficient (Wildman–Crippen LogP) is 8.03. The summed E-state index contributed by atoms with van der Waals surface area (Å²) in [6, 6.07) is 33.9. The Morgan fingerprint density at radius 3 is 2.34 bits per heavy atom. The van der Waals surface area contributed by atoms with Crippen molar-refractivity contribution in [2.75, 3.05) is 16.8 Å². The van der Waals surface area contributed by atoms with Crippen LogP contribution in [-0.2, 0) is 0 Å². The smallest absolute Gasteiger partial charge is 0.179 e. The molecular weight excluding hydrogens is 532 g/mol. The third kappa shape index (κ3) is 4.44.